The minimum Gasteiger partial charge on any atom is -0.395 e. The van der Waals surface area contributed by atoms with Crippen LogP contribution in [-0.2, 0) is 0 Å². The van der Waals surface area contributed by atoms with Crippen molar-refractivity contribution in [2.45, 2.75) is 27.1 Å². The van der Waals surface area contributed by atoms with Gasteiger partial charge in [0.25, 0.3) is 5.91 Å². The van der Waals surface area contributed by atoms with Crippen molar-refractivity contribution in [3.63, 3.8) is 0 Å². The van der Waals surface area contributed by atoms with E-state index in [1.807, 2.05) is 44.2 Å². The van der Waals surface area contributed by atoms with Gasteiger partial charge < -0.3 is 14.8 Å². The Hall–Kier alpha value is -3.49. The van der Waals surface area contributed by atoms with Crippen LogP contribution >= 0.6 is 22.9 Å². The molecular weight excluding hydrogens is 494 g/mol. The van der Waals surface area contributed by atoms with Crippen LogP contribution < -0.4 is 14.8 Å². The molecule has 1 amide bonds. The molecule has 5 rings (SSSR count). The predicted molar refractivity (Wildman–Crippen MR) is 135 cm³/mol. The van der Waals surface area contributed by atoms with Gasteiger partial charge in [0.15, 0.2) is 11.5 Å². The molecule has 0 saturated heterocycles. The van der Waals surface area contributed by atoms with E-state index < -0.39 is 6.29 Å². The van der Waals surface area contributed by atoms with Gasteiger partial charge in [0, 0.05) is 22.9 Å². The van der Waals surface area contributed by atoms with E-state index in [4.69, 9.17) is 11.6 Å². The van der Waals surface area contributed by atoms with E-state index in [-0.39, 0.29) is 22.4 Å². The van der Waals surface area contributed by atoms with Gasteiger partial charge in [-0.2, -0.15) is 0 Å². The maximum absolute atomic E-state index is 13.3. The van der Waals surface area contributed by atoms with Crippen molar-refractivity contribution >= 4 is 34.5 Å². The van der Waals surface area contributed by atoms with Crippen LogP contribution in [0.15, 0.2) is 66.7 Å². The smallest absolute Gasteiger partial charge is 0.395 e. The number of amides is 1. The molecule has 0 bridgehead atoms. The summed E-state index contributed by atoms with van der Waals surface area (Å²) in [7, 11) is 0. The van der Waals surface area contributed by atoms with Gasteiger partial charge in [-0.3, -0.25) is 4.79 Å². The molecule has 0 unspecified atom stereocenters. The van der Waals surface area contributed by atoms with Gasteiger partial charge in [0.2, 0.25) is 0 Å². The third-order valence-electron chi connectivity index (χ3n) is 4.97. The molecule has 0 aliphatic carbocycles. The summed E-state index contributed by atoms with van der Waals surface area (Å²) >= 11 is 7.58. The van der Waals surface area contributed by atoms with Gasteiger partial charge in [0.1, 0.15) is 9.88 Å². The average Bonchev–Trinajstić information content (AvgIpc) is 3.38. The summed E-state index contributed by atoms with van der Waals surface area (Å²) in [5.74, 6) is -0.470. The molecule has 5 nitrogen and oxygen atoms in total. The lowest BCUT2D eigenvalue weighted by atomic mass is 10.0. The summed E-state index contributed by atoms with van der Waals surface area (Å²) < 4.78 is 35.5. The fourth-order valence-electron chi connectivity index (χ4n) is 3.43. The van der Waals surface area contributed by atoms with E-state index in [1.165, 1.54) is 23.5 Å². The number of aryl methyl sites for hydroxylation is 1. The average molecular weight is 515 g/mol. The second-order valence-electron chi connectivity index (χ2n) is 7.28. The molecule has 0 fully saturated rings. The maximum atomic E-state index is 13.3. The van der Waals surface area contributed by atoms with Crippen molar-refractivity contribution < 1.29 is 23.0 Å². The Morgan fingerprint density at radius 3 is 2.26 bits per heavy atom. The highest BCUT2D eigenvalue weighted by Crippen LogP contribution is 2.46. The summed E-state index contributed by atoms with van der Waals surface area (Å²) in [6.07, 6.45) is -3.71. The first-order valence-electron chi connectivity index (χ1n) is 10.8. The van der Waals surface area contributed by atoms with Gasteiger partial charge in [-0.05, 0) is 30.7 Å². The monoisotopic (exact) mass is 514 g/mol. The van der Waals surface area contributed by atoms with Crippen LogP contribution in [0.4, 0.5) is 14.5 Å². The number of ether oxygens (including phenoxy) is 2. The number of thiazole rings is 1. The number of carbonyl (C=O) groups excluding carboxylic acids is 1. The Morgan fingerprint density at radius 2 is 1.60 bits per heavy atom. The highest BCUT2D eigenvalue weighted by atomic mass is 35.5. The molecule has 1 aliphatic heterocycles. The van der Waals surface area contributed by atoms with E-state index >= 15 is 0 Å². The first-order chi connectivity index (χ1) is 16.8. The number of fused-ring (bicyclic) bond motifs is 1. The van der Waals surface area contributed by atoms with Gasteiger partial charge in [0.05, 0.1) is 10.7 Å². The molecule has 35 heavy (non-hydrogen) atoms. The summed E-state index contributed by atoms with van der Waals surface area (Å²) in [4.78, 5) is 17.9. The van der Waals surface area contributed by atoms with Crippen LogP contribution in [-0.4, -0.2) is 17.2 Å². The molecule has 1 aromatic heterocycles. The summed E-state index contributed by atoms with van der Waals surface area (Å²) in [6, 6.07) is 19.2. The quantitative estimate of drug-likeness (QED) is 0.299. The molecule has 4 aromatic rings. The fraction of sp³-hybridized carbons (Fsp3) is 0.154. The summed E-state index contributed by atoms with van der Waals surface area (Å²) in [6.45, 7) is 5.80. The molecule has 3 aromatic carbocycles. The molecule has 180 valence electrons. The Morgan fingerprint density at radius 1 is 0.971 bits per heavy atom. The summed E-state index contributed by atoms with van der Waals surface area (Å²) in [5.41, 5.74) is 3.34. The number of anilines is 1. The zero-order valence-electron chi connectivity index (χ0n) is 19.1. The van der Waals surface area contributed by atoms with E-state index in [2.05, 4.69) is 19.8 Å². The number of nitrogens with one attached hydrogen (secondary N) is 1. The number of halogens is 3. The lowest BCUT2D eigenvalue weighted by Gasteiger charge is -2.08. The first-order valence-corrected chi connectivity index (χ1v) is 12.0. The number of alkyl halides is 2. The third-order valence-corrected chi connectivity index (χ3v) is 6.49. The normalized spacial score (nSPS) is 13.1. The van der Waals surface area contributed by atoms with Crippen LogP contribution in [0.2, 0.25) is 5.02 Å². The van der Waals surface area contributed by atoms with Crippen LogP contribution in [0.5, 0.6) is 11.5 Å². The fourth-order valence-corrected chi connectivity index (χ4v) is 4.65. The highest BCUT2D eigenvalue weighted by Gasteiger charge is 2.43. The van der Waals surface area contributed by atoms with Crippen molar-refractivity contribution in [1.82, 2.24) is 4.98 Å². The van der Waals surface area contributed by atoms with Crippen LogP contribution in [0.3, 0.4) is 0 Å². The van der Waals surface area contributed by atoms with Crippen molar-refractivity contribution in [3.8, 4) is 33.2 Å². The minimum absolute atomic E-state index is 0.0910. The topological polar surface area (TPSA) is 60.5 Å². The predicted octanol–water partition coefficient (Wildman–Crippen LogP) is 8.04. The van der Waals surface area contributed by atoms with Crippen molar-refractivity contribution in [2.24, 2.45) is 0 Å². The van der Waals surface area contributed by atoms with Gasteiger partial charge >= 0.3 is 6.29 Å². The standard InChI is InChI=1S/C24H15ClF2N2O3S.C2H6/c1-13-21(33-23(28-13)15-5-3-2-4-6-15)22(30)29-16-9-7-14(8-10-16)17-11-19-20(12-18(17)25)32-24(26,27)31-19;1-2/h2-12H,1H3,(H,29,30);1-2H3. The molecule has 0 radical (unpaired) electrons. The zero-order chi connectivity index (χ0) is 25.2. The maximum Gasteiger partial charge on any atom is 0.586 e. The zero-order valence-corrected chi connectivity index (χ0v) is 20.6. The lowest BCUT2D eigenvalue weighted by Crippen LogP contribution is -2.25. The lowest BCUT2D eigenvalue weighted by molar-refractivity contribution is -0.286. The van der Waals surface area contributed by atoms with Crippen molar-refractivity contribution in [2.75, 3.05) is 5.32 Å². The Labute approximate surface area is 210 Å². The largest absolute Gasteiger partial charge is 0.586 e. The van der Waals surface area contributed by atoms with Crippen molar-refractivity contribution in [1.29, 1.82) is 0 Å². The van der Waals surface area contributed by atoms with E-state index in [9.17, 15) is 13.6 Å². The van der Waals surface area contributed by atoms with Crippen LogP contribution in [0.1, 0.15) is 29.2 Å². The number of benzene rings is 3. The molecular formula is C26H21ClF2N2O3S. The second-order valence-corrected chi connectivity index (χ2v) is 8.68. The Kier molecular flexibility index (Phi) is 7.05. The van der Waals surface area contributed by atoms with E-state index in [0.29, 0.717) is 27.4 Å². The first kappa shape index (κ1) is 24.6. The molecule has 9 heteroatoms. The number of rotatable bonds is 4. The minimum atomic E-state index is -3.71. The summed E-state index contributed by atoms with van der Waals surface area (Å²) in [5, 5.41) is 3.88. The van der Waals surface area contributed by atoms with Gasteiger partial charge in [-0.15, -0.1) is 20.1 Å². The number of nitrogens with zero attached hydrogens (tertiary/aromatic N) is 1. The molecule has 1 aliphatic rings. The molecule has 0 atom stereocenters. The van der Waals surface area contributed by atoms with E-state index in [1.54, 1.807) is 31.2 Å². The molecule has 0 saturated carbocycles. The second kappa shape index (κ2) is 10.0. The number of aromatic nitrogens is 1. The molecule has 0 spiro atoms. The number of hydrogen-bond donors (Lipinski definition) is 1. The number of hydrogen-bond acceptors (Lipinski definition) is 5. The van der Waals surface area contributed by atoms with Crippen LogP contribution in [0.25, 0.3) is 21.7 Å². The Balaban J connectivity index is 0.00000141. The SMILES string of the molecule is CC.Cc1nc(-c2ccccc2)sc1C(=O)Nc1ccc(-c2cc3c(cc2Cl)OC(F)(F)O3)cc1. The van der Waals surface area contributed by atoms with Gasteiger partial charge in [-0.25, -0.2) is 4.98 Å². The third kappa shape index (κ3) is 5.28. The van der Waals surface area contributed by atoms with E-state index in [0.717, 1.165) is 10.6 Å². The van der Waals surface area contributed by atoms with Crippen molar-refractivity contribution in [3.05, 3.63) is 82.3 Å². The van der Waals surface area contributed by atoms with Crippen LogP contribution in [0, 0.1) is 6.92 Å². The Bertz CT molecular complexity index is 1360. The molecule has 1 N–H and O–H groups in total. The number of carbonyl (C=O) groups is 1. The highest BCUT2D eigenvalue weighted by molar-refractivity contribution is 7.17. The van der Waals surface area contributed by atoms with Gasteiger partial charge in [-0.1, -0.05) is 67.9 Å². The molecule has 2 heterocycles.